The second kappa shape index (κ2) is 4.63. The minimum Gasteiger partial charge on any atom is -0.494 e. The van der Waals surface area contributed by atoms with Gasteiger partial charge in [-0.1, -0.05) is 6.07 Å². The second-order valence-electron chi connectivity index (χ2n) is 4.64. The SMILES string of the molecule is CNC(c1ccc(OC)c(F)c1)C1(CO)CC1. The van der Waals surface area contributed by atoms with Crippen LogP contribution in [0.25, 0.3) is 0 Å². The molecule has 1 fully saturated rings. The molecule has 0 amide bonds. The van der Waals surface area contributed by atoms with Crippen molar-refractivity contribution in [2.75, 3.05) is 20.8 Å². The quantitative estimate of drug-likeness (QED) is 0.824. The third-order valence-corrected chi connectivity index (χ3v) is 3.62. The highest BCUT2D eigenvalue weighted by Crippen LogP contribution is 2.54. The van der Waals surface area contributed by atoms with Gasteiger partial charge >= 0.3 is 0 Å². The van der Waals surface area contributed by atoms with Gasteiger partial charge in [-0.05, 0) is 37.6 Å². The molecule has 0 spiro atoms. The van der Waals surface area contributed by atoms with E-state index in [0.717, 1.165) is 18.4 Å². The standard InChI is InChI=1S/C13H18FNO2/c1-15-12(13(8-16)5-6-13)9-3-4-11(17-2)10(14)7-9/h3-4,7,12,15-16H,5-6,8H2,1-2H3. The summed E-state index contributed by atoms with van der Waals surface area (Å²) >= 11 is 0. The molecule has 0 bridgehead atoms. The Labute approximate surface area is 101 Å². The van der Waals surface area contributed by atoms with Crippen molar-refractivity contribution in [2.45, 2.75) is 18.9 Å². The van der Waals surface area contributed by atoms with Crippen LogP contribution in [0.3, 0.4) is 0 Å². The summed E-state index contributed by atoms with van der Waals surface area (Å²) < 4.78 is 18.5. The maximum absolute atomic E-state index is 13.6. The number of hydrogen-bond acceptors (Lipinski definition) is 3. The summed E-state index contributed by atoms with van der Waals surface area (Å²) in [7, 11) is 3.28. The fourth-order valence-electron chi connectivity index (χ4n) is 2.39. The molecule has 0 aliphatic heterocycles. The van der Waals surface area contributed by atoms with E-state index in [0.29, 0.717) is 0 Å². The first-order chi connectivity index (χ1) is 8.16. The molecule has 1 aromatic carbocycles. The van der Waals surface area contributed by atoms with Gasteiger partial charge in [0, 0.05) is 11.5 Å². The maximum atomic E-state index is 13.6. The highest BCUT2D eigenvalue weighted by molar-refractivity contribution is 5.33. The Bertz CT molecular complexity index is 404. The molecular formula is C13H18FNO2. The molecule has 17 heavy (non-hydrogen) atoms. The zero-order valence-corrected chi connectivity index (χ0v) is 10.2. The van der Waals surface area contributed by atoms with Crippen LogP contribution in [0.1, 0.15) is 24.4 Å². The van der Waals surface area contributed by atoms with Gasteiger partial charge in [-0.25, -0.2) is 4.39 Å². The Balaban J connectivity index is 2.29. The smallest absolute Gasteiger partial charge is 0.165 e. The molecule has 1 aromatic rings. The summed E-state index contributed by atoms with van der Waals surface area (Å²) in [4.78, 5) is 0. The number of hydrogen-bond donors (Lipinski definition) is 2. The maximum Gasteiger partial charge on any atom is 0.165 e. The van der Waals surface area contributed by atoms with Crippen LogP contribution < -0.4 is 10.1 Å². The van der Waals surface area contributed by atoms with E-state index in [4.69, 9.17) is 4.74 Å². The minimum atomic E-state index is -0.362. The first kappa shape index (κ1) is 12.3. The van der Waals surface area contributed by atoms with Gasteiger partial charge in [-0.3, -0.25) is 0 Å². The molecule has 3 nitrogen and oxygen atoms in total. The highest BCUT2D eigenvalue weighted by Gasteiger charge is 2.49. The number of halogens is 1. The molecule has 1 saturated carbocycles. The van der Waals surface area contributed by atoms with Gasteiger partial charge in [0.15, 0.2) is 11.6 Å². The lowest BCUT2D eigenvalue weighted by Gasteiger charge is -2.25. The van der Waals surface area contributed by atoms with Crippen LogP contribution in [0.5, 0.6) is 5.75 Å². The molecule has 94 valence electrons. The summed E-state index contributed by atoms with van der Waals surface area (Å²) in [5.41, 5.74) is 0.743. The zero-order valence-electron chi connectivity index (χ0n) is 10.2. The topological polar surface area (TPSA) is 41.5 Å². The lowest BCUT2D eigenvalue weighted by Crippen LogP contribution is -2.29. The van der Waals surface area contributed by atoms with Crippen LogP contribution in [0.15, 0.2) is 18.2 Å². The molecule has 0 aromatic heterocycles. The van der Waals surface area contributed by atoms with E-state index >= 15 is 0 Å². The number of benzene rings is 1. The summed E-state index contributed by atoms with van der Waals surface area (Å²) in [5, 5.41) is 12.6. The number of aliphatic hydroxyl groups is 1. The Kier molecular flexibility index (Phi) is 3.35. The Morgan fingerprint density at radius 1 is 1.53 bits per heavy atom. The van der Waals surface area contributed by atoms with Crippen molar-refractivity contribution >= 4 is 0 Å². The molecule has 4 heteroatoms. The van der Waals surface area contributed by atoms with Gasteiger partial charge in [0.1, 0.15) is 0 Å². The van der Waals surface area contributed by atoms with Crippen molar-refractivity contribution in [2.24, 2.45) is 5.41 Å². The molecule has 1 aliphatic carbocycles. The van der Waals surface area contributed by atoms with Crippen LogP contribution in [0.2, 0.25) is 0 Å². The molecule has 2 rings (SSSR count). The normalized spacial score (nSPS) is 18.8. The van der Waals surface area contributed by atoms with Gasteiger partial charge in [0.2, 0.25) is 0 Å². The van der Waals surface area contributed by atoms with Gasteiger partial charge in [0.25, 0.3) is 0 Å². The van der Waals surface area contributed by atoms with Crippen molar-refractivity contribution in [1.29, 1.82) is 0 Å². The van der Waals surface area contributed by atoms with Crippen molar-refractivity contribution in [1.82, 2.24) is 5.32 Å². The number of rotatable bonds is 5. The van der Waals surface area contributed by atoms with Gasteiger partial charge in [0.05, 0.1) is 13.7 Å². The van der Waals surface area contributed by atoms with E-state index in [1.54, 1.807) is 6.07 Å². The van der Waals surface area contributed by atoms with Crippen molar-refractivity contribution in [3.8, 4) is 5.75 Å². The average Bonchev–Trinajstić information content (AvgIpc) is 3.11. The third kappa shape index (κ3) is 2.15. The molecule has 1 aliphatic rings. The predicted molar refractivity (Wildman–Crippen MR) is 63.5 cm³/mol. The summed E-state index contributed by atoms with van der Waals surface area (Å²) in [6.45, 7) is 0.131. The number of aliphatic hydroxyl groups excluding tert-OH is 1. The van der Waals surface area contributed by atoms with E-state index in [1.807, 2.05) is 13.1 Å². The van der Waals surface area contributed by atoms with E-state index in [2.05, 4.69) is 5.32 Å². The van der Waals surface area contributed by atoms with Crippen molar-refractivity contribution in [3.05, 3.63) is 29.6 Å². The van der Waals surface area contributed by atoms with Crippen LogP contribution in [0, 0.1) is 11.2 Å². The Hall–Kier alpha value is -1.13. The van der Waals surface area contributed by atoms with Gasteiger partial charge < -0.3 is 15.2 Å². The second-order valence-corrected chi connectivity index (χ2v) is 4.64. The number of methoxy groups -OCH3 is 1. The lowest BCUT2D eigenvalue weighted by atomic mass is 9.90. The Morgan fingerprint density at radius 2 is 2.24 bits per heavy atom. The summed E-state index contributed by atoms with van der Waals surface area (Å²) in [6.07, 6.45) is 1.95. The lowest BCUT2D eigenvalue weighted by molar-refractivity contribution is 0.175. The fourth-order valence-corrected chi connectivity index (χ4v) is 2.39. The van der Waals surface area contributed by atoms with Crippen LogP contribution >= 0.6 is 0 Å². The van der Waals surface area contributed by atoms with Crippen LogP contribution in [-0.4, -0.2) is 25.9 Å². The van der Waals surface area contributed by atoms with Gasteiger partial charge in [-0.15, -0.1) is 0 Å². The molecule has 1 unspecified atom stereocenters. The highest BCUT2D eigenvalue weighted by atomic mass is 19.1. The van der Waals surface area contributed by atoms with E-state index in [-0.39, 0.29) is 29.6 Å². The summed E-state index contributed by atoms with van der Waals surface area (Å²) in [6, 6.07) is 4.95. The molecular weight excluding hydrogens is 221 g/mol. The molecule has 0 saturated heterocycles. The Morgan fingerprint density at radius 3 is 2.65 bits per heavy atom. The molecule has 0 radical (unpaired) electrons. The average molecular weight is 239 g/mol. The third-order valence-electron chi connectivity index (χ3n) is 3.62. The molecule has 1 atom stereocenters. The number of ether oxygens (including phenoxy) is 1. The van der Waals surface area contributed by atoms with Crippen LogP contribution in [-0.2, 0) is 0 Å². The van der Waals surface area contributed by atoms with Crippen LogP contribution in [0.4, 0.5) is 4.39 Å². The number of nitrogens with one attached hydrogen (secondary N) is 1. The first-order valence-corrected chi connectivity index (χ1v) is 5.78. The van der Waals surface area contributed by atoms with E-state index < -0.39 is 0 Å². The zero-order chi connectivity index (χ0) is 12.5. The first-order valence-electron chi connectivity index (χ1n) is 5.78. The van der Waals surface area contributed by atoms with E-state index in [1.165, 1.54) is 13.2 Å². The fraction of sp³-hybridized carbons (Fsp3) is 0.538. The van der Waals surface area contributed by atoms with Crippen molar-refractivity contribution in [3.63, 3.8) is 0 Å². The minimum absolute atomic E-state index is 0.00657. The van der Waals surface area contributed by atoms with Crippen molar-refractivity contribution < 1.29 is 14.2 Å². The van der Waals surface area contributed by atoms with E-state index in [9.17, 15) is 9.50 Å². The predicted octanol–water partition coefficient (Wildman–Crippen LogP) is 1.87. The molecule has 2 N–H and O–H groups in total. The monoisotopic (exact) mass is 239 g/mol. The van der Waals surface area contributed by atoms with Gasteiger partial charge in [-0.2, -0.15) is 0 Å². The summed E-state index contributed by atoms with van der Waals surface area (Å²) in [5.74, 6) is -0.114. The molecule has 0 heterocycles. The largest absolute Gasteiger partial charge is 0.494 e.